The molecule has 0 bridgehead atoms. The highest BCUT2D eigenvalue weighted by Crippen LogP contribution is 1.77. The van der Waals surface area contributed by atoms with Gasteiger partial charge in [-0.1, -0.05) is 12.6 Å². The van der Waals surface area contributed by atoms with Gasteiger partial charge in [-0.05, 0) is 0 Å². The molecule has 0 unspecified atom stereocenters. The van der Waals surface area contributed by atoms with Gasteiger partial charge in [0.15, 0.2) is 0 Å². The van der Waals surface area contributed by atoms with Gasteiger partial charge in [0.25, 0.3) is 0 Å². The van der Waals surface area contributed by atoms with Crippen LogP contribution in [0.5, 0.6) is 0 Å². The van der Waals surface area contributed by atoms with Crippen LogP contribution >= 0.6 is 12.6 Å². The van der Waals surface area contributed by atoms with Crippen molar-refractivity contribution in [2.45, 2.75) is 6.42 Å². The van der Waals surface area contributed by atoms with Crippen molar-refractivity contribution >= 4 is 18.5 Å². The third-order valence-electron chi connectivity index (χ3n) is 0.348. The lowest BCUT2D eigenvalue weighted by atomic mass is 10.5. The summed E-state index contributed by atoms with van der Waals surface area (Å²) < 4.78 is 0. The number of rotatable bonds is 2. The number of hydrogen-bond donors (Lipinski definition) is 1. The first-order chi connectivity index (χ1) is 2.77. The molecule has 0 heterocycles. The zero-order valence-corrected chi connectivity index (χ0v) is 4.12. The molecule has 0 spiro atoms. The Hall–Kier alpha value is -0.180. The van der Waals surface area contributed by atoms with E-state index in [1.807, 2.05) is 0 Å². The minimum absolute atomic E-state index is 0.315. The first-order valence-electron chi connectivity index (χ1n) is 1.64. The molecule has 0 aliphatic heterocycles. The molecule has 0 aromatic rings. The molecule has 0 aliphatic rings. The van der Waals surface area contributed by atoms with Gasteiger partial charge in [0, 0.05) is 12.2 Å². The van der Waals surface area contributed by atoms with E-state index in [0.29, 0.717) is 12.2 Å². The number of nitrogens with two attached hydrogens (primary N) is 1. The first kappa shape index (κ1) is 5.82. The van der Waals surface area contributed by atoms with Crippen LogP contribution in [-0.2, 0) is 4.79 Å². The van der Waals surface area contributed by atoms with Crippen LogP contribution in [0.2, 0.25) is 0 Å². The van der Waals surface area contributed by atoms with Crippen molar-refractivity contribution < 1.29 is 4.79 Å². The Kier molecular flexibility index (Phi) is 2.94. The molecular weight excluding hydrogens is 98.1 g/mol. The zero-order valence-electron chi connectivity index (χ0n) is 3.31. The quantitative estimate of drug-likeness (QED) is 0.529. The summed E-state index contributed by atoms with van der Waals surface area (Å²) in [6.07, 6.45) is 0.329. The van der Waals surface area contributed by atoms with E-state index in [0.717, 1.165) is 0 Å². The van der Waals surface area contributed by atoms with Gasteiger partial charge in [0.2, 0.25) is 5.91 Å². The Morgan fingerprint density at radius 1 is 1.83 bits per heavy atom. The monoisotopic (exact) mass is 104 g/mol. The van der Waals surface area contributed by atoms with E-state index < -0.39 is 0 Å². The van der Waals surface area contributed by atoms with Gasteiger partial charge in [-0.15, -0.1) is 0 Å². The number of primary amides is 1. The fraction of sp³-hybridized carbons (Fsp3) is 0.667. The van der Waals surface area contributed by atoms with Crippen LogP contribution < -0.4 is 5.73 Å². The van der Waals surface area contributed by atoms with Crippen molar-refractivity contribution in [1.82, 2.24) is 0 Å². The minimum atomic E-state index is -0.315. The Balaban J connectivity index is 2.83. The Morgan fingerprint density at radius 3 is 2.33 bits per heavy atom. The number of amides is 1. The van der Waals surface area contributed by atoms with Crippen molar-refractivity contribution in [3.05, 3.63) is 0 Å². The molecule has 3 heteroatoms. The molecule has 0 rings (SSSR count). The average molecular weight is 104 g/mol. The van der Waals surface area contributed by atoms with Crippen LogP contribution in [0, 0.1) is 0 Å². The Bertz CT molecular complexity index is 54.8. The summed E-state index contributed by atoms with van der Waals surface area (Å²) in [4.78, 5) is 9.75. The molecule has 0 aliphatic carbocycles. The maximum Gasteiger partial charge on any atom is 0.218 e. The van der Waals surface area contributed by atoms with Crippen LogP contribution in [0.25, 0.3) is 0 Å². The van der Waals surface area contributed by atoms with Crippen LogP contribution in [0.4, 0.5) is 0 Å². The predicted molar refractivity (Wildman–Crippen MR) is 26.3 cm³/mol. The fourth-order valence-corrected chi connectivity index (χ4v) is 0.302. The highest BCUT2D eigenvalue weighted by atomic mass is 32.1. The smallest absolute Gasteiger partial charge is 0.218 e. The van der Waals surface area contributed by atoms with Gasteiger partial charge >= 0.3 is 0 Å². The maximum atomic E-state index is 9.75. The highest BCUT2D eigenvalue weighted by molar-refractivity contribution is 7.80. The molecule has 2 nitrogen and oxygen atoms in total. The van der Waals surface area contributed by atoms with E-state index >= 15 is 0 Å². The SMILES string of the molecule is NC(=O)CC[S]. The van der Waals surface area contributed by atoms with E-state index in [1.54, 1.807) is 0 Å². The topological polar surface area (TPSA) is 43.1 Å². The summed E-state index contributed by atoms with van der Waals surface area (Å²) in [6.45, 7) is 0. The van der Waals surface area contributed by atoms with E-state index in [9.17, 15) is 4.79 Å². The molecule has 1 radical (unpaired) electrons. The van der Waals surface area contributed by atoms with Crippen LogP contribution in [0.1, 0.15) is 6.42 Å². The lowest BCUT2D eigenvalue weighted by Gasteiger charge is -1.80. The van der Waals surface area contributed by atoms with E-state index in [2.05, 4.69) is 12.6 Å². The van der Waals surface area contributed by atoms with Gasteiger partial charge in [0.05, 0.1) is 0 Å². The Labute approximate surface area is 42.1 Å². The zero-order chi connectivity index (χ0) is 4.99. The number of carbonyl (C=O) groups excluding carboxylic acids is 1. The molecule has 1 amide bonds. The third kappa shape index (κ3) is 3.82. The van der Waals surface area contributed by atoms with E-state index in [1.165, 1.54) is 0 Å². The molecule has 0 fully saturated rings. The summed E-state index contributed by atoms with van der Waals surface area (Å²) in [5.74, 6) is 0.125. The largest absolute Gasteiger partial charge is 0.370 e. The second kappa shape index (κ2) is 3.03. The van der Waals surface area contributed by atoms with Crippen LogP contribution in [0.15, 0.2) is 0 Å². The van der Waals surface area contributed by atoms with Gasteiger partial charge in [-0.3, -0.25) is 4.79 Å². The highest BCUT2D eigenvalue weighted by Gasteiger charge is 1.85. The summed E-state index contributed by atoms with van der Waals surface area (Å²) >= 11 is 4.43. The molecule has 0 saturated heterocycles. The van der Waals surface area contributed by atoms with Crippen molar-refractivity contribution in [2.75, 3.05) is 5.75 Å². The molecular formula is C3H6NOS. The maximum absolute atomic E-state index is 9.75. The molecule has 35 valence electrons. The molecule has 0 aromatic heterocycles. The van der Waals surface area contributed by atoms with Crippen molar-refractivity contribution in [1.29, 1.82) is 0 Å². The normalized spacial score (nSPS) is 8.17. The molecule has 6 heavy (non-hydrogen) atoms. The summed E-state index contributed by atoms with van der Waals surface area (Å²) in [7, 11) is 0. The van der Waals surface area contributed by atoms with Gasteiger partial charge in [-0.25, -0.2) is 0 Å². The van der Waals surface area contributed by atoms with Gasteiger partial charge < -0.3 is 5.73 Å². The third-order valence-corrected chi connectivity index (χ3v) is 0.553. The average Bonchev–Trinajstić information content (AvgIpc) is 1.35. The lowest BCUT2D eigenvalue weighted by molar-refractivity contribution is -0.117. The molecule has 2 N–H and O–H groups in total. The summed E-state index contributed by atoms with van der Waals surface area (Å²) in [5, 5.41) is 0. The lowest BCUT2D eigenvalue weighted by Crippen LogP contribution is -2.09. The van der Waals surface area contributed by atoms with Crippen molar-refractivity contribution in [2.24, 2.45) is 5.73 Å². The van der Waals surface area contributed by atoms with Gasteiger partial charge in [0.1, 0.15) is 0 Å². The number of carbonyl (C=O) groups is 1. The van der Waals surface area contributed by atoms with Crippen molar-refractivity contribution in [3.63, 3.8) is 0 Å². The summed E-state index contributed by atoms with van der Waals surface area (Å²) in [6, 6.07) is 0. The van der Waals surface area contributed by atoms with Crippen molar-refractivity contribution in [3.8, 4) is 0 Å². The molecule has 0 aromatic carbocycles. The van der Waals surface area contributed by atoms with Crippen LogP contribution in [-0.4, -0.2) is 11.7 Å². The first-order valence-corrected chi connectivity index (χ1v) is 2.21. The summed E-state index contributed by atoms with van der Waals surface area (Å²) in [5.41, 5.74) is 4.70. The second-order valence-corrected chi connectivity index (χ2v) is 1.33. The van der Waals surface area contributed by atoms with E-state index in [4.69, 9.17) is 5.73 Å². The van der Waals surface area contributed by atoms with Crippen LogP contribution in [0.3, 0.4) is 0 Å². The minimum Gasteiger partial charge on any atom is -0.370 e. The van der Waals surface area contributed by atoms with E-state index in [-0.39, 0.29) is 5.91 Å². The predicted octanol–water partition coefficient (Wildman–Crippen LogP) is 0.0593. The van der Waals surface area contributed by atoms with Gasteiger partial charge in [-0.2, -0.15) is 0 Å². The molecule has 0 saturated carbocycles. The standard InChI is InChI=1S/C3H6NOS/c4-3(5)1-2-6/h1-2H2,(H2,4,5). The number of hydrogen-bond acceptors (Lipinski definition) is 1. The fourth-order valence-electron chi connectivity index (χ4n) is 0.101. The second-order valence-electron chi connectivity index (χ2n) is 0.920. The Morgan fingerprint density at radius 2 is 2.33 bits per heavy atom. The molecule has 0 atom stereocenters.